The third-order valence-corrected chi connectivity index (χ3v) is 4.01. The molecule has 0 fully saturated rings. The highest BCUT2D eigenvalue weighted by atomic mass is 79.9. The molecule has 0 bridgehead atoms. The van der Waals surface area contributed by atoms with E-state index in [2.05, 4.69) is 45.4 Å². The van der Waals surface area contributed by atoms with Gasteiger partial charge in [0.2, 0.25) is 0 Å². The fraction of sp³-hybridized carbons (Fsp3) is 0.429. The van der Waals surface area contributed by atoms with Crippen LogP contribution >= 0.6 is 15.9 Å². The van der Waals surface area contributed by atoms with E-state index < -0.39 is 0 Å². The summed E-state index contributed by atoms with van der Waals surface area (Å²) in [6.45, 7) is 4.15. The maximum atomic E-state index is 13.7. The van der Waals surface area contributed by atoms with E-state index in [1.165, 1.54) is 6.07 Å². The second-order valence-electron chi connectivity index (χ2n) is 4.53. The van der Waals surface area contributed by atoms with Crippen LogP contribution in [-0.2, 0) is 6.42 Å². The van der Waals surface area contributed by atoms with Gasteiger partial charge in [-0.3, -0.25) is 0 Å². The first-order chi connectivity index (χ1) is 9.62. The summed E-state index contributed by atoms with van der Waals surface area (Å²) in [5.74, 6) is -0.303. The summed E-state index contributed by atoms with van der Waals surface area (Å²) >= 11 is 3.16. The van der Waals surface area contributed by atoms with Gasteiger partial charge in [-0.2, -0.15) is 0 Å². The molecule has 0 aliphatic heterocycles. The van der Waals surface area contributed by atoms with Crippen molar-refractivity contribution in [1.29, 1.82) is 0 Å². The van der Waals surface area contributed by atoms with E-state index in [0.717, 1.165) is 24.2 Å². The minimum absolute atomic E-state index is 0.166. The van der Waals surface area contributed by atoms with Crippen LogP contribution < -0.4 is 5.32 Å². The van der Waals surface area contributed by atoms with E-state index in [4.69, 9.17) is 0 Å². The molecule has 0 saturated carbocycles. The molecule has 2 aromatic rings. The molecule has 1 aromatic heterocycles. The lowest BCUT2D eigenvalue weighted by Crippen LogP contribution is -2.17. The smallest absolute Gasteiger partial charge is 0.139 e. The SMILES string of the molecule is CCc1c(C(CC)NC)nnn1-c1ccc(Br)c(F)c1. The second kappa shape index (κ2) is 6.45. The highest BCUT2D eigenvalue weighted by Crippen LogP contribution is 2.23. The summed E-state index contributed by atoms with van der Waals surface area (Å²) in [6, 6.07) is 5.13. The Morgan fingerprint density at radius 3 is 2.70 bits per heavy atom. The number of rotatable bonds is 5. The molecule has 0 saturated heterocycles. The number of benzene rings is 1. The normalized spacial score (nSPS) is 12.7. The first-order valence-corrected chi connectivity index (χ1v) is 7.48. The zero-order chi connectivity index (χ0) is 14.7. The second-order valence-corrected chi connectivity index (χ2v) is 5.39. The van der Waals surface area contributed by atoms with Gasteiger partial charge in [-0.1, -0.05) is 19.1 Å². The van der Waals surface area contributed by atoms with Crippen LogP contribution in [0.1, 0.15) is 37.7 Å². The average molecular weight is 341 g/mol. The van der Waals surface area contributed by atoms with Gasteiger partial charge in [-0.15, -0.1) is 5.10 Å². The molecule has 20 heavy (non-hydrogen) atoms. The molecule has 0 radical (unpaired) electrons. The Morgan fingerprint density at radius 2 is 2.15 bits per heavy atom. The molecule has 4 nitrogen and oxygen atoms in total. The van der Waals surface area contributed by atoms with E-state index in [1.54, 1.807) is 10.7 Å². The van der Waals surface area contributed by atoms with Crippen molar-refractivity contribution in [3.05, 3.63) is 39.9 Å². The Kier molecular flexibility index (Phi) is 4.88. The minimum Gasteiger partial charge on any atom is -0.312 e. The summed E-state index contributed by atoms with van der Waals surface area (Å²) in [6.07, 6.45) is 1.72. The van der Waals surface area contributed by atoms with E-state index in [1.807, 2.05) is 13.1 Å². The van der Waals surface area contributed by atoms with Crippen LogP contribution in [0.2, 0.25) is 0 Å². The fourth-order valence-corrected chi connectivity index (χ4v) is 2.52. The molecule has 2 rings (SSSR count). The summed E-state index contributed by atoms with van der Waals surface area (Å²) in [7, 11) is 1.91. The summed E-state index contributed by atoms with van der Waals surface area (Å²) < 4.78 is 15.8. The number of nitrogens with zero attached hydrogens (tertiary/aromatic N) is 3. The van der Waals surface area contributed by atoms with Crippen LogP contribution in [0, 0.1) is 5.82 Å². The van der Waals surface area contributed by atoms with Gasteiger partial charge in [0, 0.05) is 6.07 Å². The molecule has 0 aliphatic rings. The zero-order valence-electron chi connectivity index (χ0n) is 11.8. The van der Waals surface area contributed by atoms with Gasteiger partial charge in [0.1, 0.15) is 11.5 Å². The molecule has 1 atom stereocenters. The van der Waals surface area contributed by atoms with E-state index in [9.17, 15) is 4.39 Å². The zero-order valence-corrected chi connectivity index (χ0v) is 13.4. The third kappa shape index (κ3) is 2.76. The quantitative estimate of drug-likeness (QED) is 0.906. The van der Waals surface area contributed by atoms with Crippen LogP contribution in [0.5, 0.6) is 0 Å². The fourth-order valence-electron chi connectivity index (χ4n) is 2.27. The van der Waals surface area contributed by atoms with Crippen molar-refractivity contribution in [3.63, 3.8) is 0 Å². The van der Waals surface area contributed by atoms with Gasteiger partial charge in [0.25, 0.3) is 0 Å². The lowest BCUT2D eigenvalue weighted by atomic mass is 10.1. The van der Waals surface area contributed by atoms with Crippen molar-refractivity contribution < 1.29 is 4.39 Å². The van der Waals surface area contributed by atoms with Crippen molar-refractivity contribution in [2.45, 2.75) is 32.7 Å². The average Bonchev–Trinajstić information content (AvgIpc) is 2.87. The molecule has 0 amide bonds. The van der Waals surface area contributed by atoms with Gasteiger partial charge < -0.3 is 5.32 Å². The first-order valence-electron chi connectivity index (χ1n) is 6.69. The Hall–Kier alpha value is -1.27. The van der Waals surface area contributed by atoms with Gasteiger partial charge >= 0.3 is 0 Å². The minimum atomic E-state index is -0.303. The maximum absolute atomic E-state index is 13.7. The molecule has 0 spiro atoms. The van der Waals surface area contributed by atoms with E-state index in [0.29, 0.717) is 10.2 Å². The molecule has 1 heterocycles. The predicted molar refractivity (Wildman–Crippen MR) is 80.5 cm³/mol. The molecular formula is C14H18BrFN4. The van der Waals surface area contributed by atoms with Crippen LogP contribution in [0.25, 0.3) is 5.69 Å². The highest BCUT2D eigenvalue weighted by molar-refractivity contribution is 9.10. The Labute approximate surface area is 126 Å². The lowest BCUT2D eigenvalue weighted by Gasteiger charge is -2.13. The monoisotopic (exact) mass is 340 g/mol. The molecule has 1 unspecified atom stereocenters. The summed E-state index contributed by atoms with van der Waals surface area (Å²) in [5.41, 5.74) is 2.63. The Bertz CT molecular complexity index is 593. The molecule has 108 valence electrons. The molecule has 0 aliphatic carbocycles. The van der Waals surface area contributed by atoms with Crippen LogP contribution in [0.15, 0.2) is 22.7 Å². The number of halogens is 2. The Balaban J connectivity index is 2.49. The number of nitrogens with one attached hydrogen (secondary N) is 1. The lowest BCUT2D eigenvalue weighted by molar-refractivity contribution is 0.555. The Morgan fingerprint density at radius 1 is 1.40 bits per heavy atom. The summed E-state index contributed by atoms with van der Waals surface area (Å²) in [5, 5.41) is 11.7. The highest BCUT2D eigenvalue weighted by Gasteiger charge is 2.19. The summed E-state index contributed by atoms with van der Waals surface area (Å²) in [4.78, 5) is 0. The largest absolute Gasteiger partial charge is 0.312 e. The predicted octanol–water partition coefficient (Wildman–Crippen LogP) is 3.40. The van der Waals surface area contributed by atoms with Crippen molar-refractivity contribution >= 4 is 15.9 Å². The number of aromatic nitrogens is 3. The van der Waals surface area contributed by atoms with E-state index in [-0.39, 0.29) is 11.9 Å². The van der Waals surface area contributed by atoms with Gasteiger partial charge in [-0.25, -0.2) is 9.07 Å². The molecule has 1 aromatic carbocycles. The van der Waals surface area contributed by atoms with Gasteiger partial charge in [-0.05, 0) is 48.0 Å². The van der Waals surface area contributed by atoms with Crippen LogP contribution in [0.4, 0.5) is 4.39 Å². The maximum Gasteiger partial charge on any atom is 0.139 e. The molecule has 6 heteroatoms. The topological polar surface area (TPSA) is 42.7 Å². The molecule has 1 N–H and O–H groups in total. The third-order valence-electron chi connectivity index (χ3n) is 3.36. The van der Waals surface area contributed by atoms with Crippen LogP contribution in [0.3, 0.4) is 0 Å². The van der Waals surface area contributed by atoms with Gasteiger partial charge in [0.05, 0.1) is 21.9 Å². The van der Waals surface area contributed by atoms with Crippen molar-refractivity contribution in [1.82, 2.24) is 20.3 Å². The van der Waals surface area contributed by atoms with Crippen molar-refractivity contribution in [2.75, 3.05) is 7.05 Å². The molecular weight excluding hydrogens is 323 g/mol. The van der Waals surface area contributed by atoms with Crippen molar-refractivity contribution in [2.24, 2.45) is 0 Å². The van der Waals surface area contributed by atoms with E-state index >= 15 is 0 Å². The van der Waals surface area contributed by atoms with Gasteiger partial charge in [0.15, 0.2) is 0 Å². The van der Waals surface area contributed by atoms with Crippen molar-refractivity contribution in [3.8, 4) is 5.69 Å². The first kappa shape index (κ1) is 15.1. The number of hydrogen-bond donors (Lipinski definition) is 1. The number of hydrogen-bond acceptors (Lipinski definition) is 3. The standard InChI is InChI=1S/C14H18BrFN4/c1-4-12(17-3)14-13(5-2)20(19-18-14)9-6-7-10(15)11(16)8-9/h6-8,12,17H,4-5H2,1-3H3. The van der Waals surface area contributed by atoms with Crippen LogP contribution in [-0.4, -0.2) is 22.0 Å².